The van der Waals surface area contributed by atoms with Crippen molar-refractivity contribution in [1.29, 1.82) is 0 Å². The molecule has 0 aliphatic heterocycles. The van der Waals surface area contributed by atoms with Crippen molar-refractivity contribution >= 4 is 11.7 Å². The molecule has 0 amide bonds. The quantitative estimate of drug-likeness (QED) is 0.796. The van der Waals surface area contributed by atoms with Gasteiger partial charge in [0, 0.05) is 0 Å². The summed E-state index contributed by atoms with van der Waals surface area (Å²) in [6.45, 7) is 7.92. The zero-order valence-corrected chi connectivity index (χ0v) is 10.3. The highest BCUT2D eigenvalue weighted by atomic mass is 16.7. The molecule has 0 aliphatic carbocycles. The van der Waals surface area contributed by atoms with E-state index in [2.05, 4.69) is 5.48 Å². The van der Waals surface area contributed by atoms with Gasteiger partial charge in [0.25, 0.3) is 0 Å². The second-order valence-corrected chi connectivity index (χ2v) is 4.98. The number of benzene rings is 1. The molecule has 0 aromatic heterocycles. The largest absolute Gasteiger partial charge is 0.343 e. The fourth-order valence-electron chi connectivity index (χ4n) is 1.06. The Bertz CT molecular complexity index is 341. The molecule has 0 saturated carbocycles. The summed E-state index contributed by atoms with van der Waals surface area (Å²) in [5, 5.41) is 0. The van der Waals surface area contributed by atoms with Crippen molar-refractivity contribution in [2.75, 3.05) is 5.48 Å². The summed E-state index contributed by atoms with van der Waals surface area (Å²) in [4.78, 5) is 16.7. The molecule has 0 radical (unpaired) electrons. The average Bonchev–Trinajstić information content (AvgIpc) is 2.25. The predicted octanol–water partition coefficient (Wildman–Crippen LogP) is 3.24. The normalized spacial score (nSPS) is 13.0. The van der Waals surface area contributed by atoms with Crippen molar-refractivity contribution in [2.45, 2.75) is 27.7 Å². The molecule has 0 aliphatic rings. The van der Waals surface area contributed by atoms with Crippen molar-refractivity contribution < 1.29 is 9.63 Å². The Morgan fingerprint density at radius 2 is 1.81 bits per heavy atom. The molecular formula is C13H19NO2. The second kappa shape index (κ2) is 5.01. The van der Waals surface area contributed by atoms with Crippen LogP contribution in [-0.4, -0.2) is 5.97 Å². The maximum Gasteiger partial charge on any atom is 0.335 e. The summed E-state index contributed by atoms with van der Waals surface area (Å²) in [5.74, 6) is -0.389. The molecule has 0 spiro atoms. The highest BCUT2D eigenvalue weighted by Crippen LogP contribution is 2.26. The third-order valence-electron chi connectivity index (χ3n) is 2.70. The number of para-hydroxylation sites is 1. The molecule has 3 heteroatoms. The van der Waals surface area contributed by atoms with Crippen LogP contribution in [0.1, 0.15) is 27.7 Å². The molecule has 16 heavy (non-hydrogen) atoms. The summed E-state index contributed by atoms with van der Waals surface area (Å²) in [7, 11) is 0. The van der Waals surface area contributed by atoms with E-state index in [0.29, 0.717) is 0 Å². The van der Waals surface area contributed by atoms with Crippen molar-refractivity contribution in [3.63, 3.8) is 0 Å². The zero-order chi connectivity index (χ0) is 12.2. The van der Waals surface area contributed by atoms with Gasteiger partial charge in [-0.3, -0.25) is 0 Å². The predicted molar refractivity (Wildman–Crippen MR) is 64.8 cm³/mol. The first-order valence-corrected chi connectivity index (χ1v) is 5.43. The Morgan fingerprint density at radius 3 is 2.31 bits per heavy atom. The van der Waals surface area contributed by atoms with Gasteiger partial charge < -0.3 is 4.84 Å². The van der Waals surface area contributed by atoms with Crippen LogP contribution in [0, 0.1) is 11.3 Å². The summed E-state index contributed by atoms with van der Waals surface area (Å²) in [6, 6.07) is 9.35. The minimum atomic E-state index is -0.239. The lowest BCUT2D eigenvalue weighted by atomic mass is 9.82. The average molecular weight is 221 g/mol. The Balaban J connectivity index is 2.48. The Hall–Kier alpha value is -1.51. The van der Waals surface area contributed by atoms with Crippen LogP contribution in [0.2, 0.25) is 0 Å². The van der Waals surface area contributed by atoms with Crippen LogP contribution in [-0.2, 0) is 9.63 Å². The van der Waals surface area contributed by atoms with Crippen LogP contribution < -0.4 is 5.48 Å². The third kappa shape index (κ3) is 3.57. The molecule has 3 nitrogen and oxygen atoms in total. The third-order valence-corrected chi connectivity index (χ3v) is 2.70. The number of hydrogen-bond acceptors (Lipinski definition) is 3. The number of carbonyl (C=O) groups is 1. The minimum absolute atomic E-state index is 0.0878. The molecule has 0 fully saturated rings. The minimum Gasteiger partial charge on any atom is -0.343 e. The molecule has 1 atom stereocenters. The van der Waals surface area contributed by atoms with Gasteiger partial charge in [0.1, 0.15) is 0 Å². The summed E-state index contributed by atoms with van der Waals surface area (Å²) >= 11 is 0. The van der Waals surface area contributed by atoms with E-state index in [4.69, 9.17) is 4.84 Å². The first-order valence-electron chi connectivity index (χ1n) is 5.43. The maximum absolute atomic E-state index is 11.7. The zero-order valence-electron chi connectivity index (χ0n) is 10.3. The van der Waals surface area contributed by atoms with Gasteiger partial charge in [0.15, 0.2) is 0 Å². The summed E-state index contributed by atoms with van der Waals surface area (Å²) in [5.41, 5.74) is 3.33. The molecule has 1 rings (SSSR count). The van der Waals surface area contributed by atoms with Crippen LogP contribution >= 0.6 is 0 Å². The molecule has 1 aromatic rings. The van der Waals surface area contributed by atoms with Gasteiger partial charge in [-0.1, -0.05) is 45.9 Å². The van der Waals surface area contributed by atoms with Crippen LogP contribution in [0.25, 0.3) is 0 Å². The van der Waals surface area contributed by atoms with Crippen LogP contribution in [0.5, 0.6) is 0 Å². The van der Waals surface area contributed by atoms with E-state index < -0.39 is 0 Å². The first-order chi connectivity index (χ1) is 7.41. The standard InChI is InChI=1S/C13H19NO2/c1-10(13(2,3)4)12(15)16-14-11-8-6-5-7-9-11/h5-10,14H,1-4H3. The second-order valence-electron chi connectivity index (χ2n) is 4.98. The van der Waals surface area contributed by atoms with Crippen molar-refractivity contribution in [3.8, 4) is 0 Å². The molecule has 0 bridgehead atoms. The lowest BCUT2D eigenvalue weighted by molar-refractivity contribution is -0.148. The Morgan fingerprint density at radius 1 is 1.25 bits per heavy atom. The topological polar surface area (TPSA) is 38.3 Å². The van der Waals surface area contributed by atoms with E-state index in [-0.39, 0.29) is 17.3 Å². The van der Waals surface area contributed by atoms with E-state index in [1.807, 2.05) is 58.0 Å². The van der Waals surface area contributed by atoms with Crippen LogP contribution in [0.4, 0.5) is 5.69 Å². The Labute approximate surface area is 96.8 Å². The number of rotatable bonds is 3. The van der Waals surface area contributed by atoms with Gasteiger partial charge in [0.05, 0.1) is 11.6 Å². The van der Waals surface area contributed by atoms with Gasteiger partial charge in [0.2, 0.25) is 0 Å². The Kier molecular flexibility index (Phi) is 3.93. The van der Waals surface area contributed by atoms with Crippen molar-refractivity contribution in [1.82, 2.24) is 0 Å². The number of nitrogens with one attached hydrogen (secondary N) is 1. The highest BCUT2D eigenvalue weighted by molar-refractivity contribution is 5.73. The van der Waals surface area contributed by atoms with Gasteiger partial charge in [-0.2, -0.15) is 0 Å². The monoisotopic (exact) mass is 221 g/mol. The van der Waals surface area contributed by atoms with E-state index in [9.17, 15) is 4.79 Å². The lowest BCUT2D eigenvalue weighted by Crippen LogP contribution is -2.29. The molecule has 0 saturated heterocycles. The van der Waals surface area contributed by atoms with Gasteiger partial charge in [-0.25, -0.2) is 10.3 Å². The van der Waals surface area contributed by atoms with Gasteiger partial charge >= 0.3 is 5.97 Å². The lowest BCUT2D eigenvalue weighted by Gasteiger charge is -2.24. The highest BCUT2D eigenvalue weighted by Gasteiger charge is 2.28. The number of carbonyl (C=O) groups excluding carboxylic acids is 1. The van der Waals surface area contributed by atoms with E-state index in [0.717, 1.165) is 5.69 Å². The molecule has 88 valence electrons. The maximum atomic E-state index is 11.7. The molecular weight excluding hydrogens is 202 g/mol. The molecule has 0 heterocycles. The van der Waals surface area contributed by atoms with Gasteiger partial charge in [-0.05, 0) is 17.5 Å². The summed E-state index contributed by atoms with van der Waals surface area (Å²) in [6.07, 6.45) is 0. The van der Waals surface area contributed by atoms with Crippen LogP contribution in [0.15, 0.2) is 30.3 Å². The number of hydrogen-bond donors (Lipinski definition) is 1. The fraction of sp³-hybridized carbons (Fsp3) is 0.462. The molecule has 1 aromatic carbocycles. The van der Waals surface area contributed by atoms with Crippen molar-refractivity contribution in [3.05, 3.63) is 30.3 Å². The SMILES string of the molecule is CC(C(=O)ONc1ccccc1)C(C)(C)C. The summed E-state index contributed by atoms with van der Waals surface area (Å²) < 4.78 is 0. The molecule has 1 N–H and O–H groups in total. The van der Waals surface area contributed by atoms with E-state index in [1.165, 1.54) is 0 Å². The number of anilines is 1. The molecule has 1 unspecified atom stereocenters. The fourth-order valence-corrected chi connectivity index (χ4v) is 1.06. The van der Waals surface area contributed by atoms with E-state index in [1.54, 1.807) is 0 Å². The van der Waals surface area contributed by atoms with Crippen LogP contribution in [0.3, 0.4) is 0 Å². The smallest absolute Gasteiger partial charge is 0.335 e. The van der Waals surface area contributed by atoms with E-state index >= 15 is 0 Å². The van der Waals surface area contributed by atoms with Crippen molar-refractivity contribution in [2.24, 2.45) is 11.3 Å². The van der Waals surface area contributed by atoms with Gasteiger partial charge in [-0.15, -0.1) is 0 Å². The first kappa shape index (κ1) is 12.6.